The van der Waals surface area contributed by atoms with Gasteiger partial charge in [0, 0.05) is 20.3 Å². The Balaban J connectivity index is 2.32. The highest BCUT2D eigenvalue weighted by Crippen LogP contribution is 2.22. The van der Waals surface area contributed by atoms with Gasteiger partial charge in [0.25, 0.3) is 0 Å². The normalized spacial score (nSPS) is 23.6. The highest BCUT2D eigenvalue weighted by Gasteiger charge is 2.29. The van der Waals surface area contributed by atoms with E-state index >= 15 is 0 Å². The first kappa shape index (κ1) is 13.9. The number of β-amino-alcohol motifs (C(OH)–C–C–N with tert-alkyl or cyclic N) is 1. The van der Waals surface area contributed by atoms with Crippen molar-refractivity contribution < 1.29 is 9.84 Å². The van der Waals surface area contributed by atoms with Gasteiger partial charge in [-0.15, -0.1) is 0 Å². The maximum Gasteiger partial charge on any atom is 0.0768 e. The van der Waals surface area contributed by atoms with Gasteiger partial charge >= 0.3 is 0 Å². The molecule has 1 aliphatic heterocycles. The third kappa shape index (κ3) is 4.04. The average Bonchev–Trinajstić information content (AvgIpc) is 2.21. The molecule has 0 amide bonds. The molecule has 1 fully saturated rings. The van der Waals surface area contributed by atoms with E-state index in [4.69, 9.17) is 4.74 Å². The molecule has 0 aliphatic carbocycles. The highest BCUT2D eigenvalue weighted by molar-refractivity contribution is 4.83. The number of nitrogens with zero attached hydrogens (tertiary/aromatic N) is 1. The van der Waals surface area contributed by atoms with E-state index < -0.39 is 5.60 Å². The summed E-state index contributed by atoms with van der Waals surface area (Å²) < 4.78 is 5.19. The van der Waals surface area contributed by atoms with Crippen molar-refractivity contribution in [3.63, 3.8) is 0 Å². The summed E-state index contributed by atoms with van der Waals surface area (Å²) in [5.41, 5.74) is -0.561. The van der Waals surface area contributed by atoms with Crippen LogP contribution >= 0.6 is 0 Å². The van der Waals surface area contributed by atoms with Crippen molar-refractivity contribution in [2.45, 2.75) is 39.2 Å². The number of hydrogen-bond acceptors (Lipinski definition) is 3. The van der Waals surface area contributed by atoms with Crippen LogP contribution in [0, 0.1) is 11.8 Å². The second-order valence-corrected chi connectivity index (χ2v) is 5.69. The van der Waals surface area contributed by atoms with Crippen molar-refractivity contribution in [3.8, 4) is 0 Å². The summed E-state index contributed by atoms with van der Waals surface area (Å²) in [6.07, 6.45) is 2.39. The first-order chi connectivity index (χ1) is 7.45. The Labute approximate surface area is 99.8 Å². The van der Waals surface area contributed by atoms with Crippen LogP contribution in [0.15, 0.2) is 0 Å². The molecule has 1 rings (SSSR count). The molecule has 3 nitrogen and oxygen atoms in total. The lowest BCUT2D eigenvalue weighted by molar-refractivity contribution is -0.0285. The Morgan fingerprint density at radius 1 is 1.38 bits per heavy atom. The van der Waals surface area contributed by atoms with E-state index in [1.54, 1.807) is 7.11 Å². The third-order valence-corrected chi connectivity index (χ3v) is 3.90. The van der Waals surface area contributed by atoms with E-state index in [-0.39, 0.29) is 0 Å². The van der Waals surface area contributed by atoms with Crippen molar-refractivity contribution >= 4 is 0 Å². The molecule has 0 aromatic carbocycles. The minimum atomic E-state index is -0.561. The van der Waals surface area contributed by atoms with Crippen LogP contribution in [0.3, 0.4) is 0 Å². The Morgan fingerprint density at radius 3 is 2.38 bits per heavy atom. The fraction of sp³-hybridized carbons (Fsp3) is 1.00. The zero-order valence-corrected chi connectivity index (χ0v) is 11.2. The van der Waals surface area contributed by atoms with Gasteiger partial charge < -0.3 is 14.7 Å². The fourth-order valence-electron chi connectivity index (χ4n) is 2.18. The summed E-state index contributed by atoms with van der Waals surface area (Å²) in [7, 11) is 1.77. The zero-order chi connectivity index (χ0) is 12.2. The minimum absolute atomic E-state index is 0.309. The molecule has 1 heterocycles. The molecule has 1 N–H and O–H groups in total. The van der Waals surface area contributed by atoms with Gasteiger partial charge in [-0.1, -0.05) is 13.8 Å². The molecule has 1 unspecified atom stereocenters. The first-order valence-corrected chi connectivity index (χ1v) is 6.39. The standard InChI is InChI=1S/C13H27NO2/c1-11(2)13(3,15)10-14-7-5-12(6-8-14)9-16-4/h11-12,15H,5-10H2,1-4H3. The van der Waals surface area contributed by atoms with Crippen molar-refractivity contribution in [3.05, 3.63) is 0 Å². The van der Waals surface area contributed by atoms with Crippen LogP contribution in [-0.4, -0.2) is 49.0 Å². The van der Waals surface area contributed by atoms with Gasteiger partial charge in [0.1, 0.15) is 0 Å². The monoisotopic (exact) mass is 229 g/mol. The number of hydrogen-bond donors (Lipinski definition) is 1. The maximum absolute atomic E-state index is 10.2. The quantitative estimate of drug-likeness (QED) is 0.779. The Bertz CT molecular complexity index is 196. The van der Waals surface area contributed by atoms with E-state index in [2.05, 4.69) is 18.7 Å². The predicted octanol–water partition coefficient (Wildman–Crippen LogP) is 1.75. The lowest BCUT2D eigenvalue weighted by atomic mass is 9.90. The number of methoxy groups -OCH3 is 1. The van der Waals surface area contributed by atoms with Crippen LogP contribution in [0.4, 0.5) is 0 Å². The lowest BCUT2D eigenvalue weighted by Gasteiger charge is -2.38. The molecule has 0 radical (unpaired) electrons. The largest absolute Gasteiger partial charge is 0.389 e. The van der Waals surface area contributed by atoms with E-state index in [9.17, 15) is 5.11 Å². The molecular weight excluding hydrogens is 202 g/mol. The second-order valence-electron chi connectivity index (χ2n) is 5.69. The molecule has 0 bridgehead atoms. The SMILES string of the molecule is COCC1CCN(CC(C)(O)C(C)C)CC1. The van der Waals surface area contributed by atoms with Crippen LogP contribution < -0.4 is 0 Å². The smallest absolute Gasteiger partial charge is 0.0768 e. The van der Waals surface area contributed by atoms with Crippen LogP contribution in [0.1, 0.15) is 33.6 Å². The summed E-state index contributed by atoms with van der Waals surface area (Å²) >= 11 is 0. The summed E-state index contributed by atoms with van der Waals surface area (Å²) in [5.74, 6) is 1.02. The van der Waals surface area contributed by atoms with Crippen LogP contribution in [-0.2, 0) is 4.74 Å². The molecule has 0 aromatic rings. The highest BCUT2D eigenvalue weighted by atomic mass is 16.5. The maximum atomic E-state index is 10.2. The lowest BCUT2D eigenvalue weighted by Crippen LogP contribution is -2.47. The molecule has 96 valence electrons. The number of likely N-dealkylation sites (tertiary alicyclic amines) is 1. The number of aliphatic hydroxyl groups is 1. The molecule has 0 spiro atoms. The Kier molecular flexibility index (Phi) is 5.22. The van der Waals surface area contributed by atoms with Gasteiger partial charge in [-0.25, -0.2) is 0 Å². The molecule has 16 heavy (non-hydrogen) atoms. The topological polar surface area (TPSA) is 32.7 Å². The first-order valence-electron chi connectivity index (χ1n) is 6.39. The fourth-order valence-corrected chi connectivity index (χ4v) is 2.18. The van der Waals surface area contributed by atoms with Gasteiger partial charge in [-0.05, 0) is 44.7 Å². The second kappa shape index (κ2) is 5.99. The Hall–Kier alpha value is -0.120. The Morgan fingerprint density at radius 2 is 1.94 bits per heavy atom. The van der Waals surface area contributed by atoms with Gasteiger partial charge in [0.15, 0.2) is 0 Å². The molecule has 3 heteroatoms. The number of ether oxygens (including phenoxy) is 1. The van der Waals surface area contributed by atoms with Crippen molar-refractivity contribution in [2.24, 2.45) is 11.8 Å². The predicted molar refractivity (Wildman–Crippen MR) is 66.5 cm³/mol. The van der Waals surface area contributed by atoms with Crippen molar-refractivity contribution in [1.29, 1.82) is 0 Å². The summed E-state index contributed by atoms with van der Waals surface area (Å²) in [6.45, 7) is 9.97. The van der Waals surface area contributed by atoms with Gasteiger partial charge in [-0.3, -0.25) is 0 Å². The van der Waals surface area contributed by atoms with E-state index in [1.807, 2.05) is 6.92 Å². The molecule has 0 saturated carbocycles. The molecule has 1 aliphatic rings. The number of rotatable bonds is 5. The third-order valence-electron chi connectivity index (χ3n) is 3.90. The van der Waals surface area contributed by atoms with Gasteiger partial charge in [0.05, 0.1) is 5.60 Å². The average molecular weight is 229 g/mol. The minimum Gasteiger partial charge on any atom is -0.389 e. The summed E-state index contributed by atoms with van der Waals surface area (Å²) in [6, 6.07) is 0. The van der Waals surface area contributed by atoms with Crippen molar-refractivity contribution in [1.82, 2.24) is 4.90 Å². The number of piperidine rings is 1. The molecule has 1 saturated heterocycles. The van der Waals surface area contributed by atoms with Gasteiger partial charge in [0.2, 0.25) is 0 Å². The van der Waals surface area contributed by atoms with Gasteiger partial charge in [-0.2, -0.15) is 0 Å². The molecular formula is C13H27NO2. The van der Waals surface area contributed by atoms with E-state index in [1.165, 1.54) is 12.8 Å². The molecule has 1 atom stereocenters. The van der Waals surface area contributed by atoms with Crippen LogP contribution in [0.5, 0.6) is 0 Å². The summed E-state index contributed by atoms with van der Waals surface area (Å²) in [4.78, 5) is 2.38. The zero-order valence-electron chi connectivity index (χ0n) is 11.2. The molecule has 0 aromatic heterocycles. The summed E-state index contributed by atoms with van der Waals surface area (Å²) in [5, 5.41) is 10.2. The van der Waals surface area contributed by atoms with Crippen LogP contribution in [0.2, 0.25) is 0 Å². The van der Waals surface area contributed by atoms with E-state index in [0.29, 0.717) is 11.8 Å². The van der Waals surface area contributed by atoms with Crippen molar-refractivity contribution in [2.75, 3.05) is 33.4 Å². The van der Waals surface area contributed by atoms with E-state index in [0.717, 1.165) is 26.2 Å². The van der Waals surface area contributed by atoms with Crippen LogP contribution in [0.25, 0.3) is 0 Å².